The molecule has 0 saturated carbocycles. The Morgan fingerprint density at radius 2 is 2.50 bits per heavy atom. The van der Waals surface area contributed by atoms with Crippen molar-refractivity contribution in [3.8, 4) is 0 Å². The predicted octanol–water partition coefficient (Wildman–Crippen LogP) is 3.61. The monoisotopic (exact) mass is 223 g/mol. The van der Waals surface area contributed by atoms with Crippen molar-refractivity contribution in [2.75, 3.05) is 6.26 Å². The van der Waals surface area contributed by atoms with Crippen LogP contribution in [0.3, 0.4) is 0 Å². The molecule has 0 aromatic rings. The molecule has 0 spiro atoms. The van der Waals surface area contributed by atoms with E-state index >= 15 is 0 Å². The van der Waals surface area contributed by atoms with Gasteiger partial charge in [-0.1, -0.05) is 18.2 Å². The van der Waals surface area contributed by atoms with Crippen LogP contribution in [0.4, 0.5) is 0 Å². The van der Waals surface area contributed by atoms with E-state index in [0.29, 0.717) is 4.58 Å². The second-order valence-electron chi connectivity index (χ2n) is 3.11. The highest BCUT2D eigenvalue weighted by molar-refractivity contribution is 8.18. The van der Waals surface area contributed by atoms with E-state index in [2.05, 4.69) is 35.6 Å². The average molecular weight is 223 g/mol. The number of nitrogens with zero attached hydrogens (tertiary/aromatic N) is 1. The summed E-state index contributed by atoms with van der Waals surface area (Å²) in [5.41, 5.74) is 1.13. The van der Waals surface area contributed by atoms with Crippen LogP contribution in [0.1, 0.15) is 12.8 Å². The second-order valence-corrected chi connectivity index (χ2v) is 5.70. The maximum absolute atomic E-state index is 4.45. The van der Waals surface area contributed by atoms with Gasteiger partial charge in [0.25, 0.3) is 0 Å². The molecule has 2 heterocycles. The summed E-state index contributed by atoms with van der Waals surface area (Å²) in [4.78, 5) is 5.79. The molecule has 3 heteroatoms. The fourth-order valence-electron chi connectivity index (χ4n) is 1.39. The fraction of sp³-hybridized carbons (Fsp3) is 0.364. The highest BCUT2D eigenvalue weighted by Crippen LogP contribution is 2.41. The Labute approximate surface area is 93.4 Å². The fourth-order valence-corrected chi connectivity index (χ4v) is 3.28. The van der Waals surface area contributed by atoms with Crippen molar-refractivity contribution < 1.29 is 0 Å². The minimum Gasteiger partial charge on any atom is -0.260 e. The lowest BCUT2D eigenvalue weighted by Crippen LogP contribution is -1.86. The van der Waals surface area contributed by atoms with Crippen LogP contribution < -0.4 is 0 Å². The predicted molar refractivity (Wildman–Crippen MR) is 67.9 cm³/mol. The van der Waals surface area contributed by atoms with E-state index in [4.69, 9.17) is 0 Å². The molecule has 74 valence electrons. The van der Waals surface area contributed by atoms with Gasteiger partial charge in [0.15, 0.2) is 0 Å². The van der Waals surface area contributed by atoms with E-state index in [0.717, 1.165) is 18.5 Å². The summed E-state index contributed by atoms with van der Waals surface area (Å²) in [6.45, 7) is 0. The molecule has 0 amide bonds. The lowest BCUT2D eigenvalue weighted by Gasteiger charge is -2.05. The lowest BCUT2D eigenvalue weighted by molar-refractivity contribution is 1.20. The van der Waals surface area contributed by atoms with Gasteiger partial charge in [-0.15, -0.1) is 11.8 Å². The van der Waals surface area contributed by atoms with Crippen molar-refractivity contribution in [2.24, 2.45) is 4.99 Å². The molecule has 0 aliphatic carbocycles. The summed E-state index contributed by atoms with van der Waals surface area (Å²) >= 11 is 3.85. The summed E-state index contributed by atoms with van der Waals surface area (Å²) < 4.78 is 0.688. The minimum absolute atomic E-state index is 0.688. The second kappa shape index (κ2) is 4.89. The molecule has 0 radical (unpaired) electrons. The molecule has 0 saturated heterocycles. The Kier molecular flexibility index (Phi) is 3.54. The zero-order valence-electron chi connectivity index (χ0n) is 8.14. The summed E-state index contributed by atoms with van der Waals surface area (Å²) in [6.07, 6.45) is 14.9. The Hall–Kier alpha value is -0.410. The highest BCUT2D eigenvalue weighted by Gasteiger charge is 2.18. The molecule has 0 aromatic heterocycles. The first-order chi connectivity index (χ1) is 6.90. The van der Waals surface area contributed by atoms with Gasteiger partial charge in [-0.05, 0) is 18.8 Å². The molecule has 0 N–H and O–H groups in total. The molecule has 0 fully saturated rings. The molecule has 1 nitrogen and oxygen atoms in total. The average Bonchev–Trinajstić information content (AvgIpc) is 2.53. The van der Waals surface area contributed by atoms with Crippen LogP contribution in [0.25, 0.3) is 0 Å². The maximum Gasteiger partial charge on any atom is 0.0758 e. The number of hydrogen-bond acceptors (Lipinski definition) is 3. The maximum atomic E-state index is 4.45. The van der Waals surface area contributed by atoms with Crippen molar-refractivity contribution in [2.45, 2.75) is 17.4 Å². The molecule has 1 unspecified atom stereocenters. The van der Waals surface area contributed by atoms with Crippen molar-refractivity contribution in [1.82, 2.24) is 0 Å². The van der Waals surface area contributed by atoms with Gasteiger partial charge in [0.2, 0.25) is 0 Å². The number of thioether (sulfide) groups is 2. The third-order valence-electron chi connectivity index (χ3n) is 2.13. The zero-order valence-corrected chi connectivity index (χ0v) is 9.78. The van der Waals surface area contributed by atoms with E-state index in [1.165, 1.54) is 4.91 Å². The van der Waals surface area contributed by atoms with Crippen LogP contribution in [0.5, 0.6) is 0 Å². The molecule has 2 aliphatic rings. The van der Waals surface area contributed by atoms with Crippen LogP contribution in [0, 0.1) is 0 Å². The van der Waals surface area contributed by atoms with Gasteiger partial charge in [-0.3, -0.25) is 4.99 Å². The number of rotatable bonds is 2. The van der Waals surface area contributed by atoms with Crippen LogP contribution in [-0.4, -0.2) is 17.1 Å². The zero-order chi connectivity index (χ0) is 9.80. The highest BCUT2D eigenvalue weighted by atomic mass is 32.2. The first kappa shape index (κ1) is 10.1. The minimum atomic E-state index is 0.688. The SMILES string of the molecule is CSC1CC=C(C2=CC=CCC=N2)S1. The Morgan fingerprint density at radius 3 is 3.29 bits per heavy atom. The standard InChI is InChI=1S/C11H13NS2/c1-13-11-7-6-10(14-11)9-5-3-2-4-8-12-9/h2-3,5-6,8,11H,4,7H2,1H3. The smallest absolute Gasteiger partial charge is 0.0758 e. The molecule has 0 aromatic carbocycles. The van der Waals surface area contributed by atoms with E-state index < -0.39 is 0 Å². The lowest BCUT2D eigenvalue weighted by atomic mass is 10.3. The Balaban J connectivity index is 2.09. The molecule has 14 heavy (non-hydrogen) atoms. The van der Waals surface area contributed by atoms with Gasteiger partial charge < -0.3 is 0 Å². The third-order valence-corrected chi connectivity index (χ3v) is 4.80. The van der Waals surface area contributed by atoms with Crippen LogP contribution in [0.2, 0.25) is 0 Å². The number of aliphatic imine (C=N–C) groups is 1. The Morgan fingerprint density at radius 1 is 1.57 bits per heavy atom. The van der Waals surface area contributed by atoms with Crippen molar-refractivity contribution >= 4 is 29.7 Å². The molecular formula is C11H13NS2. The van der Waals surface area contributed by atoms with Crippen LogP contribution in [-0.2, 0) is 0 Å². The largest absolute Gasteiger partial charge is 0.260 e. The van der Waals surface area contributed by atoms with Gasteiger partial charge in [0.1, 0.15) is 0 Å². The molecule has 2 rings (SSSR count). The quantitative estimate of drug-likeness (QED) is 0.709. The summed E-state index contributed by atoms with van der Waals surface area (Å²) in [7, 11) is 0. The molecule has 1 atom stereocenters. The molecule has 2 aliphatic heterocycles. The summed E-state index contributed by atoms with van der Waals surface area (Å²) in [6, 6.07) is 0. The third kappa shape index (κ3) is 2.34. The van der Waals surface area contributed by atoms with Crippen molar-refractivity contribution in [3.05, 3.63) is 34.9 Å². The normalized spacial score (nSPS) is 25.9. The van der Waals surface area contributed by atoms with Gasteiger partial charge >= 0.3 is 0 Å². The summed E-state index contributed by atoms with van der Waals surface area (Å²) in [5.74, 6) is 0. The number of hydrogen-bond donors (Lipinski definition) is 0. The van der Waals surface area contributed by atoms with E-state index in [1.807, 2.05) is 29.7 Å². The first-order valence-electron chi connectivity index (χ1n) is 4.69. The van der Waals surface area contributed by atoms with E-state index in [-0.39, 0.29) is 0 Å². The van der Waals surface area contributed by atoms with Gasteiger partial charge in [0, 0.05) is 17.5 Å². The molecular weight excluding hydrogens is 210 g/mol. The van der Waals surface area contributed by atoms with Gasteiger partial charge in [0.05, 0.1) is 10.3 Å². The first-order valence-corrected chi connectivity index (χ1v) is 6.86. The molecule has 0 bridgehead atoms. The van der Waals surface area contributed by atoms with Crippen LogP contribution >= 0.6 is 23.5 Å². The summed E-state index contributed by atoms with van der Waals surface area (Å²) in [5, 5.41) is 0. The van der Waals surface area contributed by atoms with Gasteiger partial charge in [-0.2, -0.15) is 11.8 Å². The number of allylic oxidation sites excluding steroid dienone is 4. The van der Waals surface area contributed by atoms with Crippen molar-refractivity contribution in [3.63, 3.8) is 0 Å². The van der Waals surface area contributed by atoms with Gasteiger partial charge in [-0.25, -0.2) is 0 Å². The Bertz CT molecular complexity index is 326. The van der Waals surface area contributed by atoms with Crippen molar-refractivity contribution in [1.29, 1.82) is 0 Å². The topological polar surface area (TPSA) is 12.4 Å². The van der Waals surface area contributed by atoms with Crippen LogP contribution in [0.15, 0.2) is 39.9 Å². The van der Waals surface area contributed by atoms with E-state index in [1.54, 1.807) is 0 Å². The van der Waals surface area contributed by atoms with E-state index in [9.17, 15) is 0 Å².